The quantitative estimate of drug-likeness (QED) is 0.0927. The first-order valence-electron chi connectivity index (χ1n) is 9.88. The molecule has 0 saturated heterocycles. The molecule has 0 aliphatic carbocycles. The van der Waals surface area contributed by atoms with Gasteiger partial charge in [-0.2, -0.15) is 0 Å². The lowest BCUT2D eigenvalue weighted by molar-refractivity contribution is 0.586. The van der Waals surface area contributed by atoms with Gasteiger partial charge in [-0.15, -0.1) is 0 Å². The molecule has 0 radical (unpaired) electrons. The van der Waals surface area contributed by atoms with E-state index in [1.165, 1.54) is 0 Å². The largest absolute Gasteiger partial charge is 0.329 e. The molecule has 10 heteroatoms. The number of rotatable bonds is 20. The van der Waals surface area contributed by atoms with Crippen molar-refractivity contribution in [2.24, 2.45) is 22.9 Å². The summed E-state index contributed by atoms with van der Waals surface area (Å²) in [5.74, 6) is 0. The minimum absolute atomic E-state index is 0.706. The molecule has 0 aromatic rings. The first-order valence-corrected chi connectivity index (χ1v) is 9.88. The van der Waals surface area contributed by atoms with Crippen LogP contribution in [0.1, 0.15) is 0 Å². The maximum Gasteiger partial charge on any atom is 0.00772 e. The summed E-state index contributed by atoms with van der Waals surface area (Å²) in [5.41, 5.74) is 21.3. The molecule has 0 bridgehead atoms. The van der Waals surface area contributed by atoms with Gasteiger partial charge in [-0.25, -0.2) is 0 Å². The van der Waals surface area contributed by atoms with Crippen LogP contribution < -0.4 is 54.8 Å². The van der Waals surface area contributed by atoms with Crippen LogP contribution >= 0.6 is 0 Å². The Bertz CT molecular complexity index is 179. The molecular formula is C16H46N10. The summed E-state index contributed by atoms with van der Waals surface area (Å²) >= 11 is 0. The third-order valence-electron chi connectivity index (χ3n) is 3.20. The van der Waals surface area contributed by atoms with E-state index in [0.717, 1.165) is 78.5 Å². The molecule has 0 aliphatic heterocycles. The number of nitrogens with one attached hydrogen (secondary N) is 6. The normalized spacial score (nSPS) is 10.6. The van der Waals surface area contributed by atoms with Crippen molar-refractivity contribution >= 4 is 0 Å². The van der Waals surface area contributed by atoms with E-state index in [-0.39, 0.29) is 0 Å². The first-order chi connectivity index (χ1) is 12.8. The lowest BCUT2D eigenvalue weighted by atomic mass is 10.5. The van der Waals surface area contributed by atoms with Crippen molar-refractivity contribution in [2.45, 2.75) is 0 Å². The van der Waals surface area contributed by atoms with Crippen molar-refractivity contribution in [3.8, 4) is 0 Å². The van der Waals surface area contributed by atoms with E-state index < -0.39 is 0 Å². The Labute approximate surface area is 160 Å². The lowest BCUT2D eigenvalue weighted by Crippen LogP contribution is -2.35. The average Bonchev–Trinajstić information content (AvgIpc) is 2.66. The predicted octanol–water partition coefficient (Wildman–Crippen LogP) is -4.65. The minimum atomic E-state index is 0.706. The van der Waals surface area contributed by atoms with Gasteiger partial charge in [0.15, 0.2) is 0 Å². The molecule has 0 amide bonds. The zero-order chi connectivity index (χ0) is 19.6. The van der Waals surface area contributed by atoms with Gasteiger partial charge in [0.25, 0.3) is 0 Å². The number of hydrogen-bond acceptors (Lipinski definition) is 10. The SMILES string of the molecule is NCCNCCNCCNCCN.NCCNCCNCCNCCN. The van der Waals surface area contributed by atoms with Crippen molar-refractivity contribution < 1.29 is 0 Å². The smallest absolute Gasteiger partial charge is 0.00772 e. The first kappa shape index (κ1) is 27.8. The standard InChI is InChI=1S/2C8H23N5/c2*9-1-3-11-5-7-13-8-6-12-4-2-10/h2*11-13H,1-10H2. The van der Waals surface area contributed by atoms with Gasteiger partial charge in [0, 0.05) is 105 Å². The molecule has 26 heavy (non-hydrogen) atoms. The topological polar surface area (TPSA) is 176 Å². The molecule has 14 N–H and O–H groups in total. The van der Waals surface area contributed by atoms with E-state index in [9.17, 15) is 0 Å². The van der Waals surface area contributed by atoms with Gasteiger partial charge in [-0.3, -0.25) is 0 Å². The minimum Gasteiger partial charge on any atom is -0.329 e. The molecule has 0 saturated carbocycles. The highest BCUT2D eigenvalue weighted by atomic mass is 15.0. The van der Waals surface area contributed by atoms with Gasteiger partial charge in [-0.1, -0.05) is 0 Å². The van der Waals surface area contributed by atoms with Crippen LogP contribution in [-0.4, -0.2) is 105 Å². The Hall–Kier alpha value is -0.400. The van der Waals surface area contributed by atoms with E-state index in [2.05, 4.69) is 31.9 Å². The highest BCUT2D eigenvalue weighted by Gasteiger charge is 1.88. The fourth-order valence-corrected chi connectivity index (χ4v) is 1.87. The summed E-state index contributed by atoms with van der Waals surface area (Å²) in [6.45, 7) is 14.3. The fraction of sp³-hybridized carbons (Fsp3) is 1.00. The van der Waals surface area contributed by atoms with Crippen LogP contribution in [0.15, 0.2) is 0 Å². The van der Waals surface area contributed by atoms with E-state index >= 15 is 0 Å². The maximum absolute atomic E-state index is 5.32. The average molecular weight is 379 g/mol. The van der Waals surface area contributed by atoms with Gasteiger partial charge >= 0.3 is 0 Å². The monoisotopic (exact) mass is 378 g/mol. The van der Waals surface area contributed by atoms with Crippen LogP contribution in [0.25, 0.3) is 0 Å². The summed E-state index contributed by atoms with van der Waals surface area (Å²) in [7, 11) is 0. The number of nitrogens with two attached hydrogens (primary N) is 4. The molecular weight excluding hydrogens is 332 g/mol. The van der Waals surface area contributed by atoms with E-state index in [4.69, 9.17) is 22.9 Å². The van der Waals surface area contributed by atoms with E-state index in [1.54, 1.807) is 0 Å². The second-order valence-corrected chi connectivity index (χ2v) is 5.65. The lowest BCUT2D eigenvalue weighted by Gasteiger charge is -2.06. The Balaban J connectivity index is 0. The fourth-order valence-electron chi connectivity index (χ4n) is 1.87. The summed E-state index contributed by atoms with van der Waals surface area (Å²) in [6.07, 6.45) is 0. The van der Waals surface area contributed by atoms with Crippen molar-refractivity contribution in [3.63, 3.8) is 0 Å². The van der Waals surface area contributed by atoms with Crippen molar-refractivity contribution in [1.29, 1.82) is 0 Å². The molecule has 0 heterocycles. The predicted molar refractivity (Wildman–Crippen MR) is 113 cm³/mol. The maximum atomic E-state index is 5.32. The van der Waals surface area contributed by atoms with Crippen LogP contribution in [0, 0.1) is 0 Å². The second kappa shape index (κ2) is 29.4. The molecule has 0 unspecified atom stereocenters. The molecule has 160 valence electrons. The highest BCUT2D eigenvalue weighted by molar-refractivity contribution is 4.56. The molecule has 0 aliphatic rings. The summed E-state index contributed by atoms with van der Waals surface area (Å²) in [5, 5.41) is 19.4. The molecule has 0 fully saturated rings. The molecule has 0 aromatic carbocycles. The Morgan fingerprint density at radius 3 is 0.577 bits per heavy atom. The Morgan fingerprint density at radius 2 is 0.423 bits per heavy atom. The molecule has 0 rings (SSSR count). The summed E-state index contributed by atoms with van der Waals surface area (Å²) in [4.78, 5) is 0. The third kappa shape index (κ3) is 31.4. The Morgan fingerprint density at radius 1 is 0.269 bits per heavy atom. The molecule has 0 spiro atoms. The summed E-state index contributed by atoms with van der Waals surface area (Å²) in [6, 6.07) is 0. The zero-order valence-electron chi connectivity index (χ0n) is 16.6. The molecule has 0 atom stereocenters. The van der Waals surface area contributed by atoms with Crippen molar-refractivity contribution in [2.75, 3.05) is 105 Å². The molecule has 0 aromatic heterocycles. The zero-order valence-corrected chi connectivity index (χ0v) is 16.6. The van der Waals surface area contributed by atoms with Crippen LogP contribution in [0.4, 0.5) is 0 Å². The van der Waals surface area contributed by atoms with Gasteiger partial charge in [0.2, 0.25) is 0 Å². The number of hydrogen-bond donors (Lipinski definition) is 10. The van der Waals surface area contributed by atoms with Crippen molar-refractivity contribution in [3.05, 3.63) is 0 Å². The van der Waals surface area contributed by atoms with Gasteiger partial charge in [0.1, 0.15) is 0 Å². The van der Waals surface area contributed by atoms with E-state index in [0.29, 0.717) is 26.2 Å². The van der Waals surface area contributed by atoms with Crippen molar-refractivity contribution in [1.82, 2.24) is 31.9 Å². The van der Waals surface area contributed by atoms with Crippen LogP contribution in [-0.2, 0) is 0 Å². The Kier molecular flexibility index (Phi) is 31.4. The second-order valence-electron chi connectivity index (χ2n) is 5.65. The van der Waals surface area contributed by atoms with Crippen LogP contribution in [0.5, 0.6) is 0 Å². The van der Waals surface area contributed by atoms with Crippen LogP contribution in [0.2, 0.25) is 0 Å². The van der Waals surface area contributed by atoms with Gasteiger partial charge in [-0.05, 0) is 0 Å². The molecule has 10 nitrogen and oxygen atoms in total. The third-order valence-corrected chi connectivity index (χ3v) is 3.20. The van der Waals surface area contributed by atoms with Gasteiger partial charge < -0.3 is 54.8 Å². The summed E-state index contributed by atoms with van der Waals surface area (Å²) < 4.78 is 0. The van der Waals surface area contributed by atoms with Gasteiger partial charge in [0.05, 0.1) is 0 Å². The van der Waals surface area contributed by atoms with Crippen LogP contribution in [0.3, 0.4) is 0 Å². The highest BCUT2D eigenvalue weighted by Crippen LogP contribution is 1.61. The van der Waals surface area contributed by atoms with E-state index in [1.807, 2.05) is 0 Å².